The molecule has 1 heterocycles. The summed E-state index contributed by atoms with van der Waals surface area (Å²) in [6.45, 7) is 2.97. The Morgan fingerprint density at radius 3 is 2.76 bits per heavy atom. The lowest BCUT2D eigenvalue weighted by Gasteiger charge is -2.28. The first-order chi connectivity index (χ1) is 8.31. The number of rotatable bonds is 4. The van der Waals surface area contributed by atoms with Crippen LogP contribution in [0.25, 0.3) is 0 Å². The maximum absolute atomic E-state index is 11.8. The summed E-state index contributed by atoms with van der Waals surface area (Å²) >= 11 is 0. The fourth-order valence-electron chi connectivity index (χ4n) is 1.63. The number of hydrogen-bond donors (Lipinski definition) is 1. The van der Waals surface area contributed by atoms with Crippen molar-refractivity contribution < 1.29 is 9.53 Å². The summed E-state index contributed by atoms with van der Waals surface area (Å²) < 4.78 is 5.25. The van der Waals surface area contributed by atoms with Crippen molar-refractivity contribution >= 4 is 11.6 Å². The van der Waals surface area contributed by atoms with Gasteiger partial charge in [-0.05, 0) is 19.1 Å². The molecule has 1 aromatic rings. The van der Waals surface area contributed by atoms with E-state index in [1.807, 2.05) is 49.5 Å². The maximum Gasteiger partial charge on any atom is 0.248 e. The fraction of sp³-hybridized carbons (Fsp3) is 0.308. The van der Waals surface area contributed by atoms with Crippen molar-refractivity contribution in [1.82, 2.24) is 5.43 Å². The van der Waals surface area contributed by atoms with Crippen molar-refractivity contribution in [2.45, 2.75) is 6.92 Å². The molecule has 4 heteroatoms. The molecule has 1 aromatic carbocycles. The van der Waals surface area contributed by atoms with Gasteiger partial charge in [-0.1, -0.05) is 24.3 Å². The minimum Gasteiger partial charge on any atom is -0.381 e. The number of para-hydroxylation sites is 1. The molecule has 0 bridgehead atoms. The second-order valence-corrected chi connectivity index (χ2v) is 3.79. The molecule has 0 spiro atoms. The molecule has 0 saturated carbocycles. The molecule has 0 fully saturated rings. The average molecular weight is 232 g/mol. The van der Waals surface area contributed by atoms with Crippen LogP contribution >= 0.6 is 0 Å². The van der Waals surface area contributed by atoms with Crippen LogP contribution in [0.4, 0.5) is 5.69 Å². The topological polar surface area (TPSA) is 41.6 Å². The molecule has 0 radical (unpaired) electrons. The van der Waals surface area contributed by atoms with Gasteiger partial charge in [0.2, 0.25) is 5.91 Å². The van der Waals surface area contributed by atoms with Gasteiger partial charge < -0.3 is 4.74 Å². The molecule has 1 aliphatic rings. The van der Waals surface area contributed by atoms with E-state index in [1.54, 1.807) is 5.01 Å². The Bertz CT molecular complexity index is 403. The van der Waals surface area contributed by atoms with Crippen LogP contribution in [0.5, 0.6) is 0 Å². The number of nitrogens with one attached hydrogen (secondary N) is 1. The number of amides is 1. The molecule has 2 rings (SSSR count). The van der Waals surface area contributed by atoms with Crippen molar-refractivity contribution in [3.05, 3.63) is 42.6 Å². The molecule has 4 nitrogen and oxygen atoms in total. The molecule has 0 saturated heterocycles. The van der Waals surface area contributed by atoms with E-state index in [0.717, 1.165) is 5.69 Å². The summed E-state index contributed by atoms with van der Waals surface area (Å²) in [6.07, 6.45) is 3.72. The SMILES string of the molecule is CCOCC1C=CN(c2ccccc2)NC1=O. The largest absolute Gasteiger partial charge is 0.381 e. The molecule has 1 aliphatic heterocycles. The highest BCUT2D eigenvalue weighted by Gasteiger charge is 2.22. The smallest absolute Gasteiger partial charge is 0.248 e. The number of carbonyl (C=O) groups is 1. The number of hydrazine groups is 1. The van der Waals surface area contributed by atoms with E-state index < -0.39 is 0 Å². The van der Waals surface area contributed by atoms with E-state index in [-0.39, 0.29) is 11.8 Å². The van der Waals surface area contributed by atoms with E-state index >= 15 is 0 Å². The van der Waals surface area contributed by atoms with E-state index in [1.165, 1.54) is 0 Å². The first-order valence-electron chi connectivity index (χ1n) is 5.72. The predicted octanol–water partition coefficient (Wildman–Crippen LogP) is 1.70. The number of benzene rings is 1. The maximum atomic E-state index is 11.8. The second kappa shape index (κ2) is 5.50. The van der Waals surface area contributed by atoms with Crippen molar-refractivity contribution in [2.75, 3.05) is 18.2 Å². The third-order valence-electron chi connectivity index (χ3n) is 2.57. The van der Waals surface area contributed by atoms with Gasteiger partial charge in [-0.15, -0.1) is 0 Å². The Morgan fingerprint density at radius 1 is 1.35 bits per heavy atom. The number of anilines is 1. The van der Waals surface area contributed by atoms with Gasteiger partial charge in [-0.2, -0.15) is 0 Å². The van der Waals surface area contributed by atoms with Crippen LogP contribution in [0.3, 0.4) is 0 Å². The van der Waals surface area contributed by atoms with Crippen molar-refractivity contribution in [3.63, 3.8) is 0 Å². The highest BCUT2D eigenvalue weighted by atomic mass is 16.5. The van der Waals surface area contributed by atoms with E-state index in [9.17, 15) is 4.79 Å². The van der Waals surface area contributed by atoms with Crippen molar-refractivity contribution in [3.8, 4) is 0 Å². The average Bonchev–Trinajstić information content (AvgIpc) is 2.38. The predicted molar refractivity (Wildman–Crippen MR) is 66.2 cm³/mol. The molecular formula is C13H16N2O2. The summed E-state index contributed by atoms with van der Waals surface area (Å²) in [5.41, 5.74) is 3.76. The second-order valence-electron chi connectivity index (χ2n) is 3.79. The first kappa shape index (κ1) is 11.7. The van der Waals surface area contributed by atoms with E-state index in [0.29, 0.717) is 13.2 Å². The third-order valence-corrected chi connectivity index (χ3v) is 2.57. The first-order valence-corrected chi connectivity index (χ1v) is 5.72. The molecule has 1 unspecified atom stereocenters. The molecule has 1 amide bonds. The van der Waals surface area contributed by atoms with Gasteiger partial charge in [0.15, 0.2) is 0 Å². The Kier molecular flexibility index (Phi) is 3.77. The summed E-state index contributed by atoms with van der Waals surface area (Å²) in [5, 5.41) is 1.71. The number of hydrogen-bond acceptors (Lipinski definition) is 3. The normalized spacial score (nSPS) is 19.2. The van der Waals surface area contributed by atoms with E-state index in [4.69, 9.17) is 4.74 Å². The minimum atomic E-state index is -0.199. The van der Waals surface area contributed by atoms with Gasteiger partial charge in [0.25, 0.3) is 0 Å². The molecule has 1 atom stereocenters. The summed E-state index contributed by atoms with van der Waals surface area (Å²) in [6, 6.07) is 9.68. The fourth-order valence-corrected chi connectivity index (χ4v) is 1.63. The van der Waals surface area contributed by atoms with Crippen molar-refractivity contribution in [2.24, 2.45) is 5.92 Å². The summed E-state index contributed by atoms with van der Waals surface area (Å²) in [5.74, 6) is -0.236. The lowest BCUT2D eigenvalue weighted by atomic mass is 10.1. The zero-order chi connectivity index (χ0) is 12.1. The van der Waals surface area contributed by atoms with Gasteiger partial charge in [0.1, 0.15) is 0 Å². The van der Waals surface area contributed by atoms with Gasteiger partial charge in [0, 0.05) is 12.8 Å². The van der Waals surface area contributed by atoms with E-state index in [2.05, 4.69) is 5.43 Å². The lowest BCUT2D eigenvalue weighted by molar-refractivity contribution is -0.125. The van der Waals surface area contributed by atoms with Gasteiger partial charge in [-0.25, -0.2) is 0 Å². The standard InChI is InChI=1S/C13H16N2O2/c1-2-17-10-11-8-9-15(14-13(11)16)12-6-4-3-5-7-12/h3-9,11H,2,10H2,1H3,(H,14,16). The van der Waals surface area contributed by atoms with Crippen LogP contribution in [0.15, 0.2) is 42.6 Å². The lowest BCUT2D eigenvalue weighted by Crippen LogP contribution is -2.46. The van der Waals surface area contributed by atoms with Crippen LogP contribution in [0.2, 0.25) is 0 Å². The Morgan fingerprint density at radius 2 is 2.12 bits per heavy atom. The number of carbonyl (C=O) groups excluding carboxylic acids is 1. The monoisotopic (exact) mass is 232 g/mol. The Balaban J connectivity index is 2.04. The van der Waals surface area contributed by atoms with Crippen LogP contribution in [-0.2, 0) is 9.53 Å². The van der Waals surface area contributed by atoms with Crippen LogP contribution in [0, 0.1) is 5.92 Å². The molecule has 0 aliphatic carbocycles. The van der Waals surface area contributed by atoms with Gasteiger partial charge >= 0.3 is 0 Å². The zero-order valence-corrected chi connectivity index (χ0v) is 9.80. The highest BCUT2D eigenvalue weighted by Crippen LogP contribution is 2.16. The number of ether oxygens (including phenoxy) is 1. The highest BCUT2D eigenvalue weighted by molar-refractivity contribution is 5.84. The van der Waals surface area contributed by atoms with Gasteiger partial charge in [-0.3, -0.25) is 15.2 Å². The minimum absolute atomic E-state index is 0.0372. The van der Waals surface area contributed by atoms with Crippen molar-refractivity contribution in [1.29, 1.82) is 0 Å². The molecule has 0 aromatic heterocycles. The molecule has 90 valence electrons. The molecule has 1 N–H and O–H groups in total. The Hall–Kier alpha value is -1.81. The number of nitrogens with zero attached hydrogens (tertiary/aromatic N) is 1. The Labute approximate surface area is 101 Å². The van der Waals surface area contributed by atoms with Crippen LogP contribution in [-0.4, -0.2) is 19.1 Å². The molecule has 17 heavy (non-hydrogen) atoms. The molecular weight excluding hydrogens is 216 g/mol. The summed E-state index contributed by atoms with van der Waals surface area (Å²) in [7, 11) is 0. The zero-order valence-electron chi connectivity index (χ0n) is 9.80. The third kappa shape index (κ3) is 2.85. The summed E-state index contributed by atoms with van der Waals surface area (Å²) in [4.78, 5) is 11.8. The van der Waals surface area contributed by atoms with Gasteiger partial charge in [0.05, 0.1) is 18.2 Å². The van der Waals surface area contributed by atoms with Crippen LogP contribution in [0.1, 0.15) is 6.92 Å². The van der Waals surface area contributed by atoms with Crippen LogP contribution < -0.4 is 10.4 Å². The quantitative estimate of drug-likeness (QED) is 0.859.